The molecule has 0 radical (unpaired) electrons. The van der Waals surface area contributed by atoms with Gasteiger partial charge in [-0.2, -0.15) is 0 Å². The van der Waals surface area contributed by atoms with Crippen LogP contribution in [0.15, 0.2) is 30.3 Å². The lowest BCUT2D eigenvalue weighted by molar-refractivity contribution is 1.30. The fraction of sp³-hybridized carbons (Fsp3) is 0.0833. The Bertz CT molecular complexity index is 506. The third-order valence-electron chi connectivity index (χ3n) is 2.35. The van der Waals surface area contributed by atoms with Gasteiger partial charge in [-0.25, -0.2) is 4.98 Å². The van der Waals surface area contributed by atoms with Crippen molar-refractivity contribution >= 4 is 40.4 Å². The molecule has 0 unspecified atom stereocenters. The Kier molecular flexibility index (Phi) is 3.41. The second-order valence-corrected chi connectivity index (χ2v) is 4.48. The molecular weight excluding hydrogens is 257 g/mol. The van der Waals surface area contributed by atoms with Gasteiger partial charge in [0.2, 0.25) is 0 Å². The molecule has 0 saturated heterocycles. The van der Waals surface area contributed by atoms with Crippen molar-refractivity contribution in [1.82, 2.24) is 4.98 Å². The van der Waals surface area contributed by atoms with Gasteiger partial charge in [0.15, 0.2) is 5.82 Å². The number of nitrogen functional groups attached to an aromatic ring is 1. The highest BCUT2D eigenvalue weighted by Gasteiger charge is 2.05. The van der Waals surface area contributed by atoms with Crippen molar-refractivity contribution in [3.63, 3.8) is 0 Å². The lowest BCUT2D eigenvalue weighted by Crippen LogP contribution is -2.00. The number of pyridine rings is 1. The van der Waals surface area contributed by atoms with E-state index in [1.54, 1.807) is 12.1 Å². The monoisotopic (exact) mass is 267 g/mol. The molecule has 2 aromatic rings. The third kappa shape index (κ3) is 2.81. The molecule has 0 aliphatic carbocycles. The lowest BCUT2D eigenvalue weighted by Gasteiger charge is -2.11. The molecule has 0 amide bonds. The van der Waals surface area contributed by atoms with Gasteiger partial charge < -0.3 is 11.1 Å². The molecule has 3 nitrogen and oxygen atoms in total. The van der Waals surface area contributed by atoms with Crippen LogP contribution in [-0.4, -0.2) is 4.98 Å². The number of rotatable bonds is 2. The van der Waals surface area contributed by atoms with E-state index in [1.807, 2.05) is 25.1 Å². The van der Waals surface area contributed by atoms with Crippen LogP contribution in [0.1, 0.15) is 5.56 Å². The number of nitrogens with zero attached hydrogens (tertiary/aromatic N) is 1. The summed E-state index contributed by atoms with van der Waals surface area (Å²) in [4.78, 5) is 4.13. The van der Waals surface area contributed by atoms with Crippen LogP contribution in [-0.2, 0) is 0 Å². The summed E-state index contributed by atoms with van der Waals surface area (Å²) in [6.07, 6.45) is 0. The maximum Gasteiger partial charge on any atom is 0.155 e. The van der Waals surface area contributed by atoms with Crippen LogP contribution in [0.4, 0.5) is 17.2 Å². The van der Waals surface area contributed by atoms with Crippen molar-refractivity contribution in [3.05, 3.63) is 46.1 Å². The van der Waals surface area contributed by atoms with E-state index in [-0.39, 0.29) is 0 Å². The van der Waals surface area contributed by atoms with Crippen molar-refractivity contribution in [3.8, 4) is 0 Å². The molecule has 2 rings (SSSR count). The van der Waals surface area contributed by atoms with E-state index >= 15 is 0 Å². The zero-order valence-corrected chi connectivity index (χ0v) is 10.7. The smallest absolute Gasteiger partial charge is 0.155 e. The molecule has 1 aromatic carbocycles. The minimum Gasteiger partial charge on any atom is -0.396 e. The Labute approximate surface area is 110 Å². The lowest BCUT2D eigenvalue weighted by atomic mass is 10.2. The number of aromatic nitrogens is 1. The average molecular weight is 268 g/mol. The number of hydrogen-bond acceptors (Lipinski definition) is 3. The molecule has 1 aromatic heterocycles. The molecule has 1 heterocycles. The van der Waals surface area contributed by atoms with Crippen LogP contribution >= 0.6 is 23.2 Å². The van der Waals surface area contributed by atoms with Crippen LogP contribution in [0.25, 0.3) is 0 Å². The fourth-order valence-corrected chi connectivity index (χ4v) is 1.72. The van der Waals surface area contributed by atoms with E-state index in [0.717, 1.165) is 11.3 Å². The van der Waals surface area contributed by atoms with Gasteiger partial charge in [-0.1, -0.05) is 29.3 Å². The van der Waals surface area contributed by atoms with Crippen LogP contribution in [0.5, 0.6) is 0 Å². The molecule has 0 saturated carbocycles. The van der Waals surface area contributed by atoms with Gasteiger partial charge in [0, 0.05) is 10.7 Å². The SMILES string of the molecule is Cc1ccc(Cl)cc1Nc1nc(Cl)ccc1N. The molecule has 0 atom stereocenters. The van der Waals surface area contributed by atoms with Gasteiger partial charge in [0.1, 0.15) is 5.15 Å². The average Bonchev–Trinajstić information content (AvgIpc) is 2.28. The highest BCUT2D eigenvalue weighted by molar-refractivity contribution is 6.31. The summed E-state index contributed by atoms with van der Waals surface area (Å²) in [6, 6.07) is 8.92. The summed E-state index contributed by atoms with van der Waals surface area (Å²) in [7, 11) is 0. The second-order valence-electron chi connectivity index (χ2n) is 3.66. The van der Waals surface area contributed by atoms with Crippen molar-refractivity contribution < 1.29 is 0 Å². The number of nitrogens with one attached hydrogen (secondary N) is 1. The van der Waals surface area contributed by atoms with Crippen molar-refractivity contribution in [2.24, 2.45) is 0 Å². The minimum absolute atomic E-state index is 0.390. The van der Waals surface area contributed by atoms with Gasteiger partial charge in [0.25, 0.3) is 0 Å². The maximum absolute atomic E-state index is 5.94. The quantitative estimate of drug-likeness (QED) is 0.808. The zero-order chi connectivity index (χ0) is 12.4. The first kappa shape index (κ1) is 12.0. The Morgan fingerprint density at radius 3 is 2.71 bits per heavy atom. The Balaban J connectivity index is 2.37. The molecule has 5 heteroatoms. The predicted octanol–water partition coefficient (Wildman–Crippen LogP) is 4.02. The van der Waals surface area contributed by atoms with Crippen molar-refractivity contribution in [2.45, 2.75) is 6.92 Å². The Hall–Kier alpha value is -1.45. The standard InChI is InChI=1S/C12H11Cl2N3/c1-7-2-3-8(13)6-10(7)16-12-9(15)4-5-11(14)17-12/h2-6H,15H2,1H3,(H,16,17). The summed E-state index contributed by atoms with van der Waals surface area (Å²) < 4.78 is 0. The van der Waals surface area contributed by atoms with Crippen LogP contribution in [0.2, 0.25) is 10.2 Å². The number of anilines is 3. The number of hydrogen-bond donors (Lipinski definition) is 2. The Morgan fingerprint density at radius 1 is 1.18 bits per heavy atom. The van der Waals surface area contributed by atoms with E-state index in [0.29, 0.717) is 21.7 Å². The molecule has 0 bridgehead atoms. The second kappa shape index (κ2) is 4.82. The topological polar surface area (TPSA) is 50.9 Å². The largest absolute Gasteiger partial charge is 0.396 e. The van der Waals surface area contributed by atoms with Crippen LogP contribution in [0.3, 0.4) is 0 Å². The summed E-state index contributed by atoms with van der Waals surface area (Å²) in [5, 5.41) is 4.16. The number of aryl methyl sites for hydroxylation is 1. The van der Waals surface area contributed by atoms with E-state index in [9.17, 15) is 0 Å². The molecule has 3 N–H and O–H groups in total. The first-order chi connectivity index (χ1) is 8.06. The summed E-state index contributed by atoms with van der Waals surface area (Å²) in [6.45, 7) is 1.97. The molecule has 17 heavy (non-hydrogen) atoms. The summed E-state index contributed by atoms with van der Waals surface area (Å²) in [5.74, 6) is 0.530. The van der Waals surface area contributed by atoms with Crippen LogP contribution < -0.4 is 11.1 Å². The first-order valence-corrected chi connectivity index (χ1v) is 5.77. The number of benzene rings is 1. The molecule has 0 spiro atoms. The van der Waals surface area contributed by atoms with E-state index in [4.69, 9.17) is 28.9 Å². The molecule has 0 aliphatic rings. The van der Waals surface area contributed by atoms with E-state index in [1.165, 1.54) is 0 Å². The fourth-order valence-electron chi connectivity index (χ4n) is 1.40. The van der Waals surface area contributed by atoms with Gasteiger partial charge >= 0.3 is 0 Å². The normalized spacial score (nSPS) is 10.3. The highest BCUT2D eigenvalue weighted by atomic mass is 35.5. The Morgan fingerprint density at radius 2 is 1.94 bits per heavy atom. The summed E-state index contributed by atoms with van der Waals surface area (Å²) >= 11 is 11.8. The molecular formula is C12H11Cl2N3. The minimum atomic E-state index is 0.390. The molecule has 0 fully saturated rings. The molecule has 88 valence electrons. The predicted molar refractivity (Wildman–Crippen MR) is 73.1 cm³/mol. The number of halogens is 2. The summed E-state index contributed by atoms with van der Waals surface area (Å²) in [5.41, 5.74) is 8.26. The number of nitrogens with two attached hydrogens (primary N) is 1. The van der Waals surface area contributed by atoms with Gasteiger partial charge in [-0.05, 0) is 36.8 Å². The van der Waals surface area contributed by atoms with Crippen LogP contribution in [0, 0.1) is 6.92 Å². The van der Waals surface area contributed by atoms with Gasteiger partial charge in [0.05, 0.1) is 5.69 Å². The van der Waals surface area contributed by atoms with Crippen molar-refractivity contribution in [1.29, 1.82) is 0 Å². The third-order valence-corrected chi connectivity index (χ3v) is 2.79. The molecule has 0 aliphatic heterocycles. The maximum atomic E-state index is 5.94. The van der Waals surface area contributed by atoms with Crippen molar-refractivity contribution in [2.75, 3.05) is 11.1 Å². The van der Waals surface area contributed by atoms with E-state index < -0.39 is 0 Å². The van der Waals surface area contributed by atoms with Gasteiger partial charge in [-0.3, -0.25) is 0 Å². The first-order valence-electron chi connectivity index (χ1n) is 5.01. The van der Waals surface area contributed by atoms with Gasteiger partial charge in [-0.15, -0.1) is 0 Å². The van der Waals surface area contributed by atoms with E-state index in [2.05, 4.69) is 10.3 Å². The highest BCUT2D eigenvalue weighted by Crippen LogP contribution is 2.27. The zero-order valence-electron chi connectivity index (χ0n) is 9.17.